The summed E-state index contributed by atoms with van der Waals surface area (Å²) in [5.41, 5.74) is 5.78. The number of hydrogen-bond donors (Lipinski definition) is 2. The third-order valence-corrected chi connectivity index (χ3v) is 7.92. The summed E-state index contributed by atoms with van der Waals surface area (Å²) in [6.07, 6.45) is 2.52. The van der Waals surface area contributed by atoms with Gasteiger partial charge in [-0.2, -0.15) is 0 Å². The summed E-state index contributed by atoms with van der Waals surface area (Å²) >= 11 is 0. The maximum absolute atomic E-state index is 4.15. The van der Waals surface area contributed by atoms with E-state index in [-0.39, 0.29) is 5.41 Å². The number of hydrogen-bond acceptors (Lipinski definition) is 4. The maximum atomic E-state index is 4.15. The largest absolute Gasteiger partial charge is 0.378 e. The van der Waals surface area contributed by atoms with E-state index in [1.54, 1.807) is 0 Å². The normalized spacial score (nSPS) is 29.1. The van der Waals surface area contributed by atoms with Crippen molar-refractivity contribution < 1.29 is 0 Å². The van der Waals surface area contributed by atoms with Crippen LogP contribution in [0.4, 0.5) is 5.69 Å². The van der Waals surface area contributed by atoms with Gasteiger partial charge in [-0.25, -0.2) is 0 Å². The first-order valence-electron chi connectivity index (χ1n) is 12.5. The minimum Gasteiger partial charge on any atom is -0.378 e. The molecule has 2 N–H and O–H groups in total. The molecular weight excluding hydrogens is 392 g/mol. The SMILES string of the molecule is CN1CCN(CC2CCC3C(c4ccccc4)Nc4ccc(C(C)(C)C)cc4C3N2)CC1. The lowest BCUT2D eigenvalue weighted by atomic mass is 9.73. The number of rotatable bonds is 3. The fourth-order valence-corrected chi connectivity index (χ4v) is 5.87. The predicted octanol–water partition coefficient (Wildman–Crippen LogP) is 4.81. The summed E-state index contributed by atoms with van der Waals surface area (Å²) in [4.78, 5) is 5.11. The minimum absolute atomic E-state index is 0.161. The summed E-state index contributed by atoms with van der Waals surface area (Å²) in [7, 11) is 2.24. The van der Waals surface area contributed by atoms with Crippen LogP contribution in [0.2, 0.25) is 0 Å². The Kier molecular flexibility index (Phi) is 6.04. The van der Waals surface area contributed by atoms with Crippen LogP contribution in [0, 0.1) is 5.92 Å². The van der Waals surface area contributed by atoms with Crippen LogP contribution in [0.25, 0.3) is 0 Å². The smallest absolute Gasteiger partial charge is 0.0560 e. The van der Waals surface area contributed by atoms with Gasteiger partial charge >= 0.3 is 0 Å². The van der Waals surface area contributed by atoms with Crippen LogP contribution in [0.3, 0.4) is 0 Å². The molecule has 0 aromatic heterocycles. The van der Waals surface area contributed by atoms with Crippen molar-refractivity contribution in [3.05, 3.63) is 65.2 Å². The molecule has 0 amide bonds. The second-order valence-electron chi connectivity index (χ2n) is 11.3. The molecule has 3 aliphatic rings. The molecule has 4 atom stereocenters. The molecule has 2 aromatic rings. The van der Waals surface area contributed by atoms with Crippen LogP contribution in [0.1, 0.15) is 62.4 Å². The highest BCUT2D eigenvalue weighted by atomic mass is 15.3. The maximum Gasteiger partial charge on any atom is 0.0560 e. The van der Waals surface area contributed by atoms with Crippen LogP contribution in [0.15, 0.2) is 48.5 Å². The molecule has 0 radical (unpaired) electrons. The third-order valence-electron chi connectivity index (χ3n) is 7.92. The number of piperidine rings is 1. The van der Waals surface area contributed by atoms with E-state index in [2.05, 4.69) is 96.8 Å². The van der Waals surface area contributed by atoms with Gasteiger partial charge in [-0.15, -0.1) is 0 Å². The zero-order chi connectivity index (χ0) is 22.3. The van der Waals surface area contributed by atoms with Crippen LogP contribution < -0.4 is 10.6 Å². The number of fused-ring (bicyclic) bond motifs is 3. The van der Waals surface area contributed by atoms with Crippen molar-refractivity contribution in [2.45, 2.75) is 57.2 Å². The van der Waals surface area contributed by atoms with Gasteiger partial charge in [0.05, 0.1) is 6.04 Å². The highest BCUT2D eigenvalue weighted by molar-refractivity contribution is 5.59. The molecule has 3 heterocycles. The number of nitrogens with zero attached hydrogens (tertiary/aromatic N) is 2. The second kappa shape index (κ2) is 8.81. The molecule has 3 aliphatic heterocycles. The molecule has 2 fully saturated rings. The van der Waals surface area contributed by atoms with Gasteiger partial charge in [-0.3, -0.25) is 4.90 Å². The van der Waals surface area contributed by atoms with Crippen molar-refractivity contribution in [3.63, 3.8) is 0 Å². The Morgan fingerprint density at radius 1 is 0.906 bits per heavy atom. The van der Waals surface area contributed by atoms with Crippen LogP contribution >= 0.6 is 0 Å². The van der Waals surface area contributed by atoms with E-state index in [1.807, 2.05) is 0 Å². The molecule has 0 spiro atoms. The number of nitrogens with one attached hydrogen (secondary N) is 2. The molecule has 4 nitrogen and oxygen atoms in total. The fourth-order valence-electron chi connectivity index (χ4n) is 5.87. The number of likely N-dealkylation sites (N-methyl/N-ethyl adjacent to an activating group) is 1. The first-order chi connectivity index (χ1) is 15.4. The average Bonchev–Trinajstić information content (AvgIpc) is 2.79. The van der Waals surface area contributed by atoms with E-state index in [4.69, 9.17) is 0 Å². The second-order valence-corrected chi connectivity index (χ2v) is 11.3. The summed E-state index contributed by atoms with van der Waals surface area (Å²) in [5.74, 6) is 0.573. The standard InChI is InChI=1S/C28H40N4/c1-28(2,3)21-10-13-25-24(18-21)27-23(26(30-25)20-8-6-5-7-9-20)12-11-22(29-27)19-32-16-14-31(4)15-17-32/h5-10,13,18,22-23,26-27,29-30H,11-12,14-17,19H2,1-4H3. The van der Waals surface area contributed by atoms with Gasteiger partial charge in [-0.05, 0) is 48.1 Å². The van der Waals surface area contributed by atoms with Crippen LogP contribution in [0.5, 0.6) is 0 Å². The Morgan fingerprint density at radius 3 is 2.38 bits per heavy atom. The van der Waals surface area contributed by atoms with E-state index in [1.165, 1.54) is 67.9 Å². The third kappa shape index (κ3) is 4.46. The first kappa shape index (κ1) is 21.9. The summed E-state index contributed by atoms with van der Waals surface area (Å²) < 4.78 is 0. The van der Waals surface area contributed by atoms with Crippen molar-refractivity contribution in [1.29, 1.82) is 0 Å². The van der Waals surface area contributed by atoms with Gasteiger partial charge in [0, 0.05) is 56.4 Å². The minimum atomic E-state index is 0.161. The Morgan fingerprint density at radius 2 is 1.66 bits per heavy atom. The van der Waals surface area contributed by atoms with E-state index in [9.17, 15) is 0 Å². The molecule has 5 rings (SSSR count). The number of piperazine rings is 1. The van der Waals surface area contributed by atoms with E-state index in [0.717, 1.165) is 0 Å². The van der Waals surface area contributed by atoms with Gasteiger partial charge in [0.15, 0.2) is 0 Å². The molecule has 172 valence electrons. The Labute approximate surface area is 194 Å². The van der Waals surface area contributed by atoms with Crippen molar-refractivity contribution in [1.82, 2.24) is 15.1 Å². The molecular formula is C28H40N4. The zero-order valence-corrected chi connectivity index (χ0v) is 20.3. The average molecular weight is 433 g/mol. The van der Waals surface area contributed by atoms with Gasteiger partial charge < -0.3 is 15.5 Å². The van der Waals surface area contributed by atoms with E-state index >= 15 is 0 Å². The van der Waals surface area contributed by atoms with Gasteiger partial charge in [0.1, 0.15) is 0 Å². The zero-order valence-electron chi connectivity index (χ0n) is 20.3. The lowest BCUT2D eigenvalue weighted by molar-refractivity contribution is 0.116. The number of anilines is 1. The predicted molar refractivity (Wildman–Crippen MR) is 134 cm³/mol. The topological polar surface area (TPSA) is 30.5 Å². The molecule has 0 aliphatic carbocycles. The number of benzene rings is 2. The molecule has 0 bridgehead atoms. The van der Waals surface area contributed by atoms with E-state index in [0.29, 0.717) is 24.0 Å². The molecule has 4 unspecified atom stereocenters. The van der Waals surface area contributed by atoms with Crippen molar-refractivity contribution >= 4 is 5.69 Å². The Balaban J connectivity index is 1.43. The fraction of sp³-hybridized carbons (Fsp3) is 0.571. The van der Waals surface area contributed by atoms with Gasteiger partial charge in [0.25, 0.3) is 0 Å². The molecule has 4 heteroatoms. The van der Waals surface area contributed by atoms with Crippen LogP contribution in [-0.2, 0) is 5.41 Å². The van der Waals surface area contributed by atoms with Crippen molar-refractivity contribution in [2.75, 3.05) is 45.1 Å². The van der Waals surface area contributed by atoms with Crippen molar-refractivity contribution in [3.8, 4) is 0 Å². The Hall–Kier alpha value is -1.88. The summed E-state index contributed by atoms with van der Waals surface area (Å²) in [5, 5.41) is 8.09. The van der Waals surface area contributed by atoms with Gasteiger partial charge in [-0.1, -0.05) is 63.2 Å². The monoisotopic (exact) mass is 432 g/mol. The van der Waals surface area contributed by atoms with E-state index < -0.39 is 0 Å². The molecule has 2 aromatic carbocycles. The van der Waals surface area contributed by atoms with Crippen molar-refractivity contribution in [2.24, 2.45) is 5.92 Å². The van der Waals surface area contributed by atoms with Crippen LogP contribution in [-0.4, -0.2) is 55.6 Å². The molecule has 32 heavy (non-hydrogen) atoms. The summed E-state index contributed by atoms with van der Waals surface area (Å²) in [6, 6.07) is 19.5. The summed E-state index contributed by atoms with van der Waals surface area (Å²) in [6.45, 7) is 12.9. The molecule has 2 saturated heterocycles. The quantitative estimate of drug-likeness (QED) is 0.729. The van der Waals surface area contributed by atoms with Gasteiger partial charge in [0.2, 0.25) is 0 Å². The first-order valence-corrected chi connectivity index (χ1v) is 12.5. The molecule has 0 saturated carbocycles. The Bertz CT molecular complexity index is 911. The lowest BCUT2D eigenvalue weighted by Gasteiger charge is -2.48. The highest BCUT2D eigenvalue weighted by Crippen LogP contribution is 2.48. The highest BCUT2D eigenvalue weighted by Gasteiger charge is 2.41. The lowest BCUT2D eigenvalue weighted by Crippen LogP contribution is -2.54.